The number of hydrogen-bond acceptors (Lipinski definition) is 6. The molecule has 27 heavy (non-hydrogen) atoms. The highest BCUT2D eigenvalue weighted by Crippen LogP contribution is 2.37. The maximum atomic E-state index is 12.9. The van der Waals surface area contributed by atoms with Gasteiger partial charge < -0.3 is 16.4 Å². The molecule has 8 nitrogen and oxygen atoms in total. The highest BCUT2D eigenvalue weighted by Gasteiger charge is 2.52. The summed E-state index contributed by atoms with van der Waals surface area (Å²) in [4.78, 5) is 34.5. The minimum atomic E-state index is -0.722. The second kappa shape index (κ2) is 6.70. The molecule has 4 rings (SSSR count). The number of imide groups is 1. The van der Waals surface area contributed by atoms with Gasteiger partial charge in [0.15, 0.2) is 0 Å². The number of aromatic nitrogens is 2. The molecule has 2 aliphatic rings. The minimum absolute atomic E-state index is 0.0833. The molecule has 0 atom stereocenters. The Bertz CT molecular complexity index is 892. The number of rotatable bonds is 4. The van der Waals surface area contributed by atoms with Gasteiger partial charge in [0.1, 0.15) is 16.5 Å². The Kier molecular flexibility index (Phi) is 4.35. The number of carbonyl (C=O) groups excluding carboxylic acids is 2. The Hall–Kier alpha value is -2.87. The molecule has 4 N–H and O–H groups in total. The van der Waals surface area contributed by atoms with Gasteiger partial charge in [0.2, 0.25) is 5.95 Å². The number of nitrogens with one attached hydrogen (secondary N) is 2. The van der Waals surface area contributed by atoms with Gasteiger partial charge in [-0.25, -0.2) is 14.7 Å². The van der Waals surface area contributed by atoms with E-state index in [0.717, 1.165) is 18.4 Å². The topological polar surface area (TPSA) is 113 Å². The fourth-order valence-corrected chi connectivity index (χ4v) is 3.89. The van der Waals surface area contributed by atoms with Crippen molar-refractivity contribution in [3.05, 3.63) is 41.0 Å². The number of nitrogen functional groups attached to an aromatic ring is 1. The Morgan fingerprint density at radius 1 is 1.22 bits per heavy atom. The first-order valence-electron chi connectivity index (χ1n) is 8.76. The number of anilines is 3. The summed E-state index contributed by atoms with van der Waals surface area (Å²) in [5, 5.41) is 6.26. The molecule has 2 fully saturated rings. The first-order chi connectivity index (χ1) is 13.0. The van der Waals surface area contributed by atoms with E-state index in [0.29, 0.717) is 30.9 Å². The van der Waals surface area contributed by atoms with Crippen LogP contribution in [0.4, 0.5) is 22.2 Å². The van der Waals surface area contributed by atoms with Crippen LogP contribution in [0.15, 0.2) is 30.3 Å². The third-order valence-electron chi connectivity index (χ3n) is 4.97. The van der Waals surface area contributed by atoms with Gasteiger partial charge in [0, 0.05) is 12.6 Å². The average Bonchev–Trinajstić information content (AvgIpc) is 3.18. The lowest BCUT2D eigenvalue weighted by Gasteiger charge is -2.20. The van der Waals surface area contributed by atoms with Gasteiger partial charge >= 0.3 is 6.03 Å². The highest BCUT2D eigenvalue weighted by molar-refractivity contribution is 6.29. The van der Waals surface area contributed by atoms with Crippen LogP contribution in [-0.4, -0.2) is 27.4 Å². The Morgan fingerprint density at radius 2 is 2.00 bits per heavy atom. The molecule has 0 bridgehead atoms. The maximum absolute atomic E-state index is 12.9. The van der Waals surface area contributed by atoms with E-state index in [1.54, 1.807) is 12.1 Å². The van der Waals surface area contributed by atoms with Crippen LogP contribution in [0, 0.1) is 0 Å². The van der Waals surface area contributed by atoms with E-state index in [-0.39, 0.29) is 23.0 Å². The van der Waals surface area contributed by atoms with E-state index in [9.17, 15) is 9.59 Å². The van der Waals surface area contributed by atoms with Crippen molar-refractivity contribution in [1.82, 2.24) is 15.3 Å². The second-order valence-corrected chi connectivity index (χ2v) is 7.20. The van der Waals surface area contributed by atoms with Crippen LogP contribution in [-0.2, 0) is 11.3 Å². The zero-order valence-electron chi connectivity index (χ0n) is 14.5. The van der Waals surface area contributed by atoms with Crippen LogP contribution < -0.4 is 21.3 Å². The zero-order valence-corrected chi connectivity index (χ0v) is 15.3. The van der Waals surface area contributed by atoms with E-state index in [1.165, 1.54) is 4.90 Å². The number of urea groups is 1. The van der Waals surface area contributed by atoms with E-state index in [2.05, 4.69) is 20.6 Å². The van der Waals surface area contributed by atoms with Crippen LogP contribution in [0.1, 0.15) is 31.2 Å². The molecule has 1 aliphatic heterocycles. The molecule has 1 spiro atoms. The normalized spacial score (nSPS) is 18.2. The molecular formula is C18H19ClN6O2. The third kappa shape index (κ3) is 3.28. The quantitative estimate of drug-likeness (QED) is 0.550. The number of benzene rings is 1. The summed E-state index contributed by atoms with van der Waals surface area (Å²) < 4.78 is 0. The molecule has 140 valence electrons. The number of amides is 3. The maximum Gasteiger partial charge on any atom is 0.329 e. The monoisotopic (exact) mass is 386 g/mol. The molecule has 1 saturated heterocycles. The lowest BCUT2D eigenvalue weighted by molar-refractivity contribution is -0.121. The van der Waals surface area contributed by atoms with Crippen molar-refractivity contribution in [2.75, 3.05) is 16.0 Å². The van der Waals surface area contributed by atoms with Crippen molar-refractivity contribution < 1.29 is 9.59 Å². The predicted octanol–water partition coefficient (Wildman–Crippen LogP) is 2.69. The first-order valence-corrected chi connectivity index (χ1v) is 9.14. The summed E-state index contributed by atoms with van der Waals surface area (Å²) in [6.07, 6.45) is 3.30. The third-order valence-corrected chi connectivity index (χ3v) is 5.17. The minimum Gasteiger partial charge on any atom is -0.368 e. The van der Waals surface area contributed by atoms with Crippen molar-refractivity contribution in [3.63, 3.8) is 0 Å². The van der Waals surface area contributed by atoms with Gasteiger partial charge in [-0.05, 0) is 30.5 Å². The summed E-state index contributed by atoms with van der Waals surface area (Å²) in [5.41, 5.74) is 6.31. The number of nitrogens with zero attached hydrogens (tertiary/aromatic N) is 3. The zero-order chi connectivity index (χ0) is 19.0. The van der Waals surface area contributed by atoms with Crippen LogP contribution in [0.3, 0.4) is 0 Å². The van der Waals surface area contributed by atoms with Crippen molar-refractivity contribution in [2.45, 2.75) is 37.8 Å². The average molecular weight is 387 g/mol. The van der Waals surface area contributed by atoms with Crippen LogP contribution in [0.25, 0.3) is 0 Å². The number of hydrogen-bond donors (Lipinski definition) is 3. The molecular weight excluding hydrogens is 368 g/mol. The van der Waals surface area contributed by atoms with Crippen LogP contribution in [0.2, 0.25) is 5.15 Å². The summed E-state index contributed by atoms with van der Waals surface area (Å²) >= 11 is 5.87. The lowest BCUT2D eigenvalue weighted by Crippen LogP contribution is -2.44. The standard InChI is InChI=1S/C18H19ClN6O2/c19-13-9-14(23-16(20)22-13)21-10-11-4-3-5-12(8-11)25-15(26)18(24-17(25)27)6-1-2-7-18/h3-5,8-9H,1-2,6-7,10H2,(H,24,27)(H3,20,21,22,23). The number of nitrogens with two attached hydrogens (primary N) is 1. The van der Waals surface area contributed by atoms with Crippen molar-refractivity contribution >= 4 is 41.0 Å². The summed E-state index contributed by atoms with van der Waals surface area (Å²) in [6.45, 7) is 0.426. The van der Waals surface area contributed by atoms with E-state index in [4.69, 9.17) is 17.3 Å². The fourth-order valence-electron chi connectivity index (χ4n) is 3.70. The van der Waals surface area contributed by atoms with Crippen molar-refractivity contribution in [3.8, 4) is 0 Å². The lowest BCUT2D eigenvalue weighted by atomic mass is 9.98. The molecule has 0 unspecified atom stereocenters. The van der Waals surface area contributed by atoms with Crippen LogP contribution >= 0.6 is 11.6 Å². The van der Waals surface area contributed by atoms with E-state index in [1.807, 2.05) is 18.2 Å². The molecule has 2 aromatic rings. The molecule has 2 heterocycles. The molecule has 0 radical (unpaired) electrons. The molecule has 1 saturated carbocycles. The predicted molar refractivity (Wildman–Crippen MR) is 102 cm³/mol. The summed E-state index contributed by atoms with van der Waals surface area (Å²) in [7, 11) is 0. The SMILES string of the molecule is Nc1nc(Cl)cc(NCc2cccc(N3C(=O)NC4(CCCC4)C3=O)c2)n1. The molecule has 3 amide bonds. The van der Waals surface area contributed by atoms with Gasteiger partial charge in [-0.3, -0.25) is 4.79 Å². The molecule has 9 heteroatoms. The fraction of sp³-hybridized carbons (Fsp3) is 0.333. The van der Waals surface area contributed by atoms with E-state index < -0.39 is 5.54 Å². The second-order valence-electron chi connectivity index (χ2n) is 6.82. The van der Waals surface area contributed by atoms with E-state index >= 15 is 0 Å². The molecule has 1 aromatic carbocycles. The van der Waals surface area contributed by atoms with Gasteiger partial charge in [0.25, 0.3) is 5.91 Å². The van der Waals surface area contributed by atoms with Gasteiger partial charge in [-0.2, -0.15) is 4.98 Å². The smallest absolute Gasteiger partial charge is 0.329 e. The van der Waals surface area contributed by atoms with Crippen molar-refractivity contribution in [2.24, 2.45) is 0 Å². The molecule has 1 aliphatic carbocycles. The van der Waals surface area contributed by atoms with Gasteiger partial charge in [0.05, 0.1) is 5.69 Å². The Labute approximate surface area is 161 Å². The van der Waals surface area contributed by atoms with Gasteiger partial charge in [-0.15, -0.1) is 0 Å². The Morgan fingerprint density at radius 3 is 2.74 bits per heavy atom. The summed E-state index contributed by atoms with van der Waals surface area (Å²) in [6, 6.07) is 8.49. The summed E-state index contributed by atoms with van der Waals surface area (Å²) in [5.74, 6) is 0.420. The number of carbonyl (C=O) groups is 2. The van der Waals surface area contributed by atoms with Crippen molar-refractivity contribution in [1.29, 1.82) is 0 Å². The largest absolute Gasteiger partial charge is 0.368 e. The highest BCUT2D eigenvalue weighted by atomic mass is 35.5. The van der Waals surface area contributed by atoms with Gasteiger partial charge in [-0.1, -0.05) is 36.6 Å². The first kappa shape index (κ1) is 17.5. The molecule has 1 aromatic heterocycles. The number of halogens is 1. The Balaban J connectivity index is 1.52. The van der Waals surface area contributed by atoms with Crippen LogP contribution in [0.5, 0.6) is 0 Å².